The maximum Gasteiger partial charge on any atom is 0.227 e. The van der Waals surface area contributed by atoms with Crippen molar-refractivity contribution in [2.24, 2.45) is 0 Å². The minimum Gasteiger partial charge on any atom is -0.439 e. The lowest BCUT2D eigenvalue weighted by Gasteiger charge is -2.24. The Morgan fingerprint density at radius 1 is 1.22 bits per heavy atom. The lowest BCUT2D eigenvalue weighted by Crippen LogP contribution is -2.35. The smallest absolute Gasteiger partial charge is 0.227 e. The summed E-state index contributed by atoms with van der Waals surface area (Å²) in [5.41, 5.74) is 2.36. The van der Waals surface area contributed by atoms with Gasteiger partial charge in [-0.15, -0.1) is 0 Å². The Labute approximate surface area is 187 Å². The molecule has 6 nitrogen and oxygen atoms in total. The van der Waals surface area contributed by atoms with Gasteiger partial charge >= 0.3 is 0 Å². The van der Waals surface area contributed by atoms with Crippen LogP contribution in [0.15, 0.2) is 54.6 Å². The van der Waals surface area contributed by atoms with Gasteiger partial charge in [-0.05, 0) is 55.7 Å². The van der Waals surface area contributed by atoms with E-state index in [0.29, 0.717) is 36.8 Å². The molecule has 0 N–H and O–H groups in total. The number of ether oxygens (including phenoxy) is 2. The largest absolute Gasteiger partial charge is 0.439 e. The van der Waals surface area contributed by atoms with Crippen molar-refractivity contribution in [3.8, 4) is 17.3 Å². The van der Waals surface area contributed by atoms with Crippen molar-refractivity contribution < 1.29 is 18.7 Å². The van der Waals surface area contributed by atoms with Gasteiger partial charge in [0, 0.05) is 20.1 Å². The van der Waals surface area contributed by atoms with Gasteiger partial charge in [-0.3, -0.25) is 4.79 Å². The summed E-state index contributed by atoms with van der Waals surface area (Å²) in [6, 6.07) is 15.6. The van der Waals surface area contributed by atoms with Crippen LogP contribution in [0.5, 0.6) is 11.6 Å². The molecule has 1 saturated heterocycles. The standard InChI is InChI=1S/C25H28FN3O3/c1-3-24-23(17-28(18(2)30)16-22-10-7-15-31-22)25(32-21-8-5-4-6-9-21)29(27-24)20-13-11-19(26)12-14-20/h4-6,8-9,11-14,22H,3,7,10,15-17H2,1-2H3/t22-/m1/s1. The molecular weight excluding hydrogens is 409 g/mol. The van der Waals surface area contributed by atoms with Crippen molar-refractivity contribution in [1.82, 2.24) is 14.7 Å². The summed E-state index contributed by atoms with van der Waals surface area (Å²) in [6.07, 6.45) is 2.68. The number of aromatic nitrogens is 2. The lowest BCUT2D eigenvalue weighted by molar-refractivity contribution is -0.131. The number of para-hydroxylation sites is 1. The number of hydrogen-bond acceptors (Lipinski definition) is 4. The first kappa shape index (κ1) is 22.0. The predicted molar refractivity (Wildman–Crippen MR) is 119 cm³/mol. The Kier molecular flexibility index (Phi) is 6.85. The topological polar surface area (TPSA) is 56.6 Å². The normalized spacial score (nSPS) is 15.7. The number of carbonyl (C=O) groups is 1. The predicted octanol–water partition coefficient (Wildman–Crippen LogP) is 4.89. The number of rotatable bonds is 8. The van der Waals surface area contributed by atoms with Gasteiger partial charge in [0.25, 0.3) is 0 Å². The summed E-state index contributed by atoms with van der Waals surface area (Å²) in [5, 5.41) is 4.77. The molecule has 1 aliphatic rings. The van der Waals surface area contributed by atoms with Crippen LogP contribution in [0.2, 0.25) is 0 Å². The molecule has 2 heterocycles. The van der Waals surface area contributed by atoms with Crippen LogP contribution in [0.25, 0.3) is 5.69 Å². The molecule has 2 aromatic carbocycles. The Morgan fingerprint density at radius 2 is 1.97 bits per heavy atom. The van der Waals surface area contributed by atoms with E-state index in [-0.39, 0.29) is 17.8 Å². The van der Waals surface area contributed by atoms with Gasteiger partial charge in [0.05, 0.1) is 29.6 Å². The molecule has 1 aliphatic heterocycles. The second kappa shape index (κ2) is 9.96. The van der Waals surface area contributed by atoms with Gasteiger partial charge in [-0.25, -0.2) is 9.07 Å². The van der Waals surface area contributed by atoms with Crippen LogP contribution in [-0.2, 0) is 22.5 Å². The molecule has 1 aromatic heterocycles. The van der Waals surface area contributed by atoms with Crippen molar-refractivity contribution in [3.05, 3.63) is 71.7 Å². The molecular formula is C25H28FN3O3. The fourth-order valence-electron chi connectivity index (χ4n) is 3.91. The number of hydrogen-bond donors (Lipinski definition) is 0. The van der Waals surface area contributed by atoms with E-state index in [1.165, 1.54) is 12.1 Å². The molecule has 0 aliphatic carbocycles. The molecule has 32 heavy (non-hydrogen) atoms. The van der Waals surface area contributed by atoms with Crippen molar-refractivity contribution >= 4 is 5.91 Å². The average Bonchev–Trinajstić information content (AvgIpc) is 3.43. The zero-order valence-corrected chi connectivity index (χ0v) is 18.5. The Bertz CT molecular complexity index is 1040. The fourth-order valence-corrected chi connectivity index (χ4v) is 3.91. The molecule has 1 atom stereocenters. The minimum atomic E-state index is -0.318. The van der Waals surface area contributed by atoms with E-state index in [2.05, 4.69) is 0 Å². The summed E-state index contributed by atoms with van der Waals surface area (Å²) in [4.78, 5) is 14.3. The van der Waals surface area contributed by atoms with Gasteiger partial charge in [0.15, 0.2) is 0 Å². The summed E-state index contributed by atoms with van der Waals surface area (Å²) in [7, 11) is 0. The van der Waals surface area contributed by atoms with Crippen LogP contribution >= 0.6 is 0 Å². The van der Waals surface area contributed by atoms with Gasteiger partial charge < -0.3 is 14.4 Å². The first-order chi connectivity index (χ1) is 15.5. The van der Waals surface area contributed by atoms with Gasteiger partial charge in [-0.1, -0.05) is 25.1 Å². The summed E-state index contributed by atoms with van der Waals surface area (Å²) in [5.74, 6) is 0.843. The maximum absolute atomic E-state index is 13.5. The van der Waals surface area contributed by atoms with Crippen LogP contribution in [0.4, 0.5) is 4.39 Å². The number of aryl methyl sites for hydroxylation is 1. The van der Waals surface area contributed by atoms with Crippen LogP contribution in [0.1, 0.15) is 37.9 Å². The molecule has 168 valence electrons. The molecule has 0 unspecified atom stereocenters. The first-order valence-electron chi connectivity index (χ1n) is 11.0. The minimum absolute atomic E-state index is 0.0252. The second-order valence-electron chi connectivity index (χ2n) is 7.92. The Hall–Kier alpha value is -3.19. The van der Waals surface area contributed by atoms with E-state index in [0.717, 1.165) is 30.7 Å². The van der Waals surface area contributed by atoms with Crippen LogP contribution in [0, 0.1) is 5.82 Å². The van der Waals surface area contributed by atoms with Crippen molar-refractivity contribution in [2.75, 3.05) is 13.2 Å². The van der Waals surface area contributed by atoms with E-state index >= 15 is 0 Å². The number of nitrogens with zero attached hydrogens (tertiary/aromatic N) is 3. The molecule has 7 heteroatoms. The highest BCUT2D eigenvalue weighted by molar-refractivity contribution is 5.73. The van der Waals surface area contributed by atoms with Crippen LogP contribution < -0.4 is 4.74 Å². The number of halogens is 1. The quantitative estimate of drug-likeness (QED) is 0.503. The van der Waals surface area contributed by atoms with E-state index in [1.54, 1.807) is 28.6 Å². The van der Waals surface area contributed by atoms with Gasteiger partial charge in [0.2, 0.25) is 11.8 Å². The number of amides is 1. The summed E-state index contributed by atoms with van der Waals surface area (Å²) < 4.78 is 27.3. The molecule has 0 bridgehead atoms. The van der Waals surface area contributed by atoms with Crippen molar-refractivity contribution in [3.63, 3.8) is 0 Å². The SMILES string of the molecule is CCc1nn(-c2ccc(F)cc2)c(Oc2ccccc2)c1CN(C[C@H]1CCCO1)C(C)=O. The second-order valence-corrected chi connectivity index (χ2v) is 7.92. The van der Waals surface area contributed by atoms with E-state index in [9.17, 15) is 9.18 Å². The van der Waals surface area contributed by atoms with E-state index in [4.69, 9.17) is 14.6 Å². The molecule has 0 spiro atoms. The highest BCUT2D eigenvalue weighted by atomic mass is 19.1. The third kappa shape index (κ3) is 4.99. The third-order valence-electron chi connectivity index (χ3n) is 5.63. The highest BCUT2D eigenvalue weighted by Crippen LogP contribution is 2.32. The molecule has 0 saturated carbocycles. The van der Waals surface area contributed by atoms with E-state index < -0.39 is 0 Å². The molecule has 1 fully saturated rings. The highest BCUT2D eigenvalue weighted by Gasteiger charge is 2.26. The van der Waals surface area contributed by atoms with Crippen molar-refractivity contribution in [1.29, 1.82) is 0 Å². The Balaban J connectivity index is 1.74. The third-order valence-corrected chi connectivity index (χ3v) is 5.63. The fraction of sp³-hybridized carbons (Fsp3) is 0.360. The monoisotopic (exact) mass is 437 g/mol. The molecule has 4 rings (SSSR count). The zero-order chi connectivity index (χ0) is 22.5. The molecule has 0 radical (unpaired) electrons. The molecule has 1 amide bonds. The van der Waals surface area contributed by atoms with Crippen LogP contribution in [0.3, 0.4) is 0 Å². The lowest BCUT2D eigenvalue weighted by atomic mass is 10.1. The van der Waals surface area contributed by atoms with Crippen molar-refractivity contribution in [2.45, 2.75) is 45.8 Å². The first-order valence-corrected chi connectivity index (χ1v) is 11.0. The number of benzene rings is 2. The van der Waals surface area contributed by atoms with Crippen LogP contribution in [-0.4, -0.2) is 39.8 Å². The zero-order valence-electron chi connectivity index (χ0n) is 18.5. The summed E-state index contributed by atoms with van der Waals surface area (Å²) in [6.45, 7) is 5.22. The van der Waals surface area contributed by atoms with E-state index in [1.807, 2.05) is 37.3 Å². The van der Waals surface area contributed by atoms with Gasteiger partial charge in [-0.2, -0.15) is 5.10 Å². The number of carbonyl (C=O) groups excluding carboxylic acids is 1. The van der Waals surface area contributed by atoms with Gasteiger partial charge in [0.1, 0.15) is 11.6 Å². The Morgan fingerprint density at radius 3 is 2.59 bits per heavy atom. The maximum atomic E-state index is 13.5. The summed E-state index contributed by atoms with van der Waals surface area (Å²) >= 11 is 0. The average molecular weight is 438 g/mol. The molecule has 3 aromatic rings.